The first-order chi connectivity index (χ1) is 16.0. The molecule has 3 N–H and O–H groups in total. The molecule has 0 aromatic carbocycles. The lowest BCUT2D eigenvalue weighted by Gasteiger charge is -2.24. The number of nitrogens with zero attached hydrogens (tertiary/aromatic N) is 4. The third-order valence-corrected chi connectivity index (χ3v) is 6.05. The Balaban J connectivity index is 1.51. The van der Waals surface area contributed by atoms with Crippen molar-refractivity contribution in [2.75, 3.05) is 49.6 Å². The van der Waals surface area contributed by atoms with E-state index < -0.39 is 11.7 Å². The van der Waals surface area contributed by atoms with Crippen LogP contribution in [-0.4, -0.2) is 65.4 Å². The minimum absolute atomic E-state index is 0.0770. The van der Waals surface area contributed by atoms with Crippen LogP contribution in [0.3, 0.4) is 0 Å². The number of alkyl halides is 3. The summed E-state index contributed by atoms with van der Waals surface area (Å²) in [6.45, 7) is 4.54. The van der Waals surface area contributed by atoms with Gasteiger partial charge in [0, 0.05) is 55.6 Å². The number of aromatic amines is 1. The van der Waals surface area contributed by atoms with Gasteiger partial charge in [-0.1, -0.05) is 0 Å². The van der Waals surface area contributed by atoms with Gasteiger partial charge >= 0.3 is 6.18 Å². The number of fused-ring (bicyclic) bond motifs is 1. The number of hydrogen-bond donors (Lipinski definition) is 3. The van der Waals surface area contributed by atoms with E-state index in [-0.39, 0.29) is 17.7 Å². The molecule has 2 fully saturated rings. The number of nitrogens with one attached hydrogen (secondary N) is 3. The van der Waals surface area contributed by atoms with Crippen LogP contribution >= 0.6 is 0 Å². The molecule has 3 aromatic heterocycles. The summed E-state index contributed by atoms with van der Waals surface area (Å²) in [5, 5.41) is 7.02. The van der Waals surface area contributed by atoms with Crippen molar-refractivity contribution < 1.29 is 17.9 Å². The molecule has 5 heterocycles. The molecule has 33 heavy (non-hydrogen) atoms. The molecule has 1 unspecified atom stereocenters. The van der Waals surface area contributed by atoms with Crippen LogP contribution in [0.15, 0.2) is 24.5 Å². The quantitative estimate of drug-likeness (QED) is 0.548. The van der Waals surface area contributed by atoms with E-state index in [1.165, 1.54) is 6.20 Å². The standard InChI is InChI=1S/C22H26F3N7O/c23-22(24,25)17-13-28-21(29-14-3-1-6-26-11-14)31-19(17)16-12-27-20-15(16)4-5-18(30-20)32-7-2-9-33-10-8-32/h4-5,12-14,26H,1-3,6-11H2,(H,27,30)(H,28,29,31). The van der Waals surface area contributed by atoms with Gasteiger partial charge in [-0.05, 0) is 37.9 Å². The molecule has 2 aliphatic heterocycles. The summed E-state index contributed by atoms with van der Waals surface area (Å²) in [6, 6.07) is 3.72. The van der Waals surface area contributed by atoms with Crippen molar-refractivity contribution in [3.8, 4) is 11.3 Å². The summed E-state index contributed by atoms with van der Waals surface area (Å²) >= 11 is 0. The highest BCUT2D eigenvalue weighted by Gasteiger charge is 2.36. The molecule has 8 nitrogen and oxygen atoms in total. The molecule has 0 saturated carbocycles. The Morgan fingerprint density at radius 1 is 1.12 bits per heavy atom. The van der Waals surface area contributed by atoms with E-state index in [0.29, 0.717) is 29.8 Å². The molecule has 176 valence electrons. The van der Waals surface area contributed by atoms with Crippen LogP contribution in [-0.2, 0) is 10.9 Å². The number of H-pyrrole nitrogens is 1. The molecular formula is C22H26F3N7O. The molecule has 2 aliphatic rings. The molecular weight excluding hydrogens is 435 g/mol. The summed E-state index contributed by atoms with van der Waals surface area (Å²) in [6.07, 6.45) is 0.620. The van der Waals surface area contributed by atoms with E-state index in [0.717, 1.165) is 57.5 Å². The summed E-state index contributed by atoms with van der Waals surface area (Å²) in [5.41, 5.74) is -0.162. The molecule has 11 heteroatoms. The number of hydrogen-bond acceptors (Lipinski definition) is 7. The lowest BCUT2D eigenvalue weighted by atomic mass is 10.1. The van der Waals surface area contributed by atoms with Gasteiger partial charge in [-0.2, -0.15) is 13.2 Å². The number of halogens is 3. The van der Waals surface area contributed by atoms with Crippen molar-refractivity contribution in [1.29, 1.82) is 0 Å². The lowest BCUT2D eigenvalue weighted by molar-refractivity contribution is -0.137. The lowest BCUT2D eigenvalue weighted by Crippen LogP contribution is -2.38. The molecule has 0 spiro atoms. The Morgan fingerprint density at radius 2 is 2.03 bits per heavy atom. The normalized spacial score (nSPS) is 20.1. The number of piperidine rings is 1. The Bertz CT molecular complexity index is 1100. The van der Waals surface area contributed by atoms with E-state index in [4.69, 9.17) is 4.74 Å². The van der Waals surface area contributed by atoms with Crippen molar-refractivity contribution in [1.82, 2.24) is 25.3 Å². The maximum atomic E-state index is 13.8. The van der Waals surface area contributed by atoms with Crippen molar-refractivity contribution >= 4 is 22.8 Å². The van der Waals surface area contributed by atoms with Crippen molar-refractivity contribution in [3.63, 3.8) is 0 Å². The predicted molar refractivity (Wildman–Crippen MR) is 119 cm³/mol. The number of aromatic nitrogens is 4. The fourth-order valence-corrected chi connectivity index (χ4v) is 4.36. The molecule has 3 aromatic rings. The Hall–Kier alpha value is -2.92. The van der Waals surface area contributed by atoms with Crippen LogP contribution < -0.4 is 15.5 Å². The zero-order valence-electron chi connectivity index (χ0n) is 18.1. The predicted octanol–water partition coefficient (Wildman–Crippen LogP) is 3.43. The first-order valence-electron chi connectivity index (χ1n) is 11.2. The van der Waals surface area contributed by atoms with Gasteiger partial charge in [-0.25, -0.2) is 15.0 Å². The second kappa shape index (κ2) is 9.14. The second-order valence-corrected chi connectivity index (χ2v) is 8.36. The highest BCUT2D eigenvalue weighted by molar-refractivity contribution is 5.94. The van der Waals surface area contributed by atoms with Crippen LogP contribution in [0.2, 0.25) is 0 Å². The average molecular weight is 461 g/mol. The number of rotatable bonds is 4. The maximum absolute atomic E-state index is 13.8. The van der Waals surface area contributed by atoms with Crippen LogP contribution in [0, 0.1) is 0 Å². The van der Waals surface area contributed by atoms with Gasteiger partial charge in [0.05, 0.1) is 12.3 Å². The van der Waals surface area contributed by atoms with E-state index in [9.17, 15) is 13.2 Å². The van der Waals surface area contributed by atoms with E-state index in [1.807, 2.05) is 6.07 Å². The fraction of sp³-hybridized carbons (Fsp3) is 0.500. The third kappa shape index (κ3) is 4.74. The van der Waals surface area contributed by atoms with Gasteiger partial charge in [0.1, 0.15) is 17.0 Å². The summed E-state index contributed by atoms with van der Waals surface area (Å²) in [5.74, 6) is 0.961. The van der Waals surface area contributed by atoms with Gasteiger partial charge in [-0.15, -0.1) is 0 Å². The minimum atomic E-state index is -4.58. The summed E-state index contributed by atoms with van der Waals surface area (Å²) < 4.78 is 47.0. The average Bonchev–Trinajstić information content (AvgIpc) is 3.03. The highest BCUT2D eigenvalue weighted by atomic mass is 19.4. The first-order valence-corrected chi connectivity index (χ1v) is 11.2. The monoisotopic (exact) mass is 461 g/mol. The van der Waals surface area contributed by atoms with Crippen molar-refractivity contribution in [3.05, 3.63) is 30.1 Å². The molecule has 0 bridgehead atoms. The topological polar surface area (TPSA) is 91.0 Å². The highest BCUT2D eigenvalue weighted by Crippen LogP contribution is 2.38. The largest absolute Gasteiger partial charge is 0.419 e. The fourth-order valence-electron chi connectivity index (χ4n) is 4.36. The zero-order chi connectivity index (χ0) is 22.8. The van der Waals surface area contributed by atoms with E-state index in [1.54, 1.807) is 6.07 Å². The van der Waals surface area contributed by atoms with Gasteiger partial charge in [0.15, 0.2) is 0 Å². The molecule has 2 saturated heterocycles. The van der Waals surface area contributed by atoms with Gasteiger partial charge in [0.25, 0.3) is 0 Å². The minimum Gasteiger partial charge on any atom is -0.380 e. The number of anilines is 2. The second-order valence-electron chi connectivity index (χ2n) is 8.36. The SMILES string of the molecule is FC(F)(F)c1cnc(NC2CCCNC2)nc1-c1c[nH]c2nc(N3CCCOCC3)ccc12. The first kappa shape index (κ1) is 21.9. The Morgan fingerprint density at radius 3 is 2.85 bits per heavy atom. The molecule has 0 aliphatic carbocycles. The molecule has 0 radical (unpaired) electrons. The Labute approximate surface area is 189 Å². The van der Waals surface area contributed by atoms with Crippen LogP contribution in [0.1, 0.15) is 24.8 Å². The van der Waals surface area contributed by atoms with Gasteiger partial charge in [0.2, 0.25) is 5.95 Å². The maximum Gasteiger partial charge on any atom is 0.419 e. The van der Waals surface area contributed by atoms with Crippen LogP contribution in [0.4, 0.5) is 24.9 Å². The third-order valence-electron chi connectivity index (χ3n) is 6.05. The smallest absolute Gasteiger partial charge is 0.380 e. The number of pyridine rings is 1. The summed E-state index contributed by atoms with van der Waals surface area (Å²) in [7, 11) is 0. The van der Waals surface area contributed by atoms with Gasteiger partial charge in [-0.3, -0.25) is 0 Å². The van der Waals surface area contributed by atoms with Gasteiger partial charge < -0.3 is 25.3 Å². The van der Waals surface area contributed by atoms with Crippen LogP contribution in [0.5, 0.6) is 0 Å². The molecule has 5 rings (SSSR count). The van der Waals surface area contributed by atoms with E-state index >= 15 is 0 Å². The number of ether oxygens (including phenoxy) is 1. The van der Waals surface area contributed by atoms with Crippen molar-refractivity contribution in [2.45, 2.75) is 31.5 Å². The zero-order valence-corrected chi connectivity index (χ0v) is 18.1. The molecule has 0 amide bonds. The van der Waals surface area contributed by atoms with Crippen LogP contribution in [0.25, 0.3) is 22.3 Å². The van der Waals surface area contributed by atoms with E-state index in [2.05, 4.69) is 35.5 Å². The van der Waals surface area contributed by atoms with Crippen molar-refractivity contribution in [2.24, 2.45) is 0 Å². The summed E-state index contributed by atoms with van der Waals surface area (Å²) in [4.78, 5) is 18.1. The Kier molecular flexibility index (Phi) is 6.07. The molecule has 1 atom stereocenters.